The van der Waals surface area contributed by atoms with Gasteiger partial charge in [0, 0.05) is 12.6 Å². The van der Waals surface area contributed by atoms with Gasteiger partial charge in [-0.2, -0.15) is 0 Å². The molecule has 3 heterocycles. The summed E-state index contributed by atoms with van der Waals surface area (Å²) >= 11 is 0. The molecule has 9 nitrogen and oxygen atoms in total. The van der Waals surface area contributed by atoms with Crippen molar-refractivity contribution in [2.45, 2.75) is 56.3 Å². The van der Waals surface area contributed by atoms with Gasteiger partial charge in [0.05, 0.1) is 6.33 Å². The Balaban J connectivity index is 1.51. The van der Waals surface area contributed by atoms with Crippen LogP contribution in [0.2, 0.25) is 0 Å². The number of fused-ring (bicyclic) bond motifs is 1. The van der Waals surface area contributed by atoms with Crippen LogP contribution in [0.15, 0.2) is 12.7 Å². The van der Waals surface area contributed by atoms with Crippen molar-refractivity contribution in [3.05, 3.63) is 12.7 Å². The Hall–Kier alpha value is -1.81. The van der Waals surface area contributed by atoms with Crippen molar-refractivity contribution in [2.75, 3.05) is 12.3 Å². The van der Waals surface area contributed by atoms with E-state index in [1.54, 1.807) is 4.57 Å². The van der Waals surface area contributed by atoms with Crippen LogP contribution in [0.25, 0.3) is 11.2 Å². The Kier molecular flexibility index (Phi) is 4.09. The van der Waals surface area contributed by atoms with Gasteiger partial charge < -0.3 is 26.0 Å². The predicted molar refractivity (Wildman–Crippen MR) is 85.9 cm³/mol. The Morgan fingerprint density at radius 3 is 2.79 bits per heavy atom. The number of ether oxygens (including phenoxy) is 1. The van der Waals surface area contributed by atoms with Crippen molar-refractivity contribution in [1.82, 2.24) is 24.8 Å². The van der Waals surface area contributed by atoms with Crippen molar-refractivity contribution in [3.63, 3.8) is 0 Å². The van der Waals surface area contributed by atoms with Crippen LogP contribution >= 0.6 is 0 Å². The van der Waals surface area contributed by atoms with Crippen LogP contribution in [0, 0.1) is 0 Å². The standard InChI is InChI=1S/C15H22N6O3/c16-13-10-14(19-6-18-13)21(7-20-10)15-12(23)11(22)9(24-15)5-17-8-3-1-2-4-8/h6-9,11-12,15,17,22-23H,1-5H2,(H2,16,18,19)/t9-,11-,12-,15-/m1/s1. The molecule has 0 radical (unpaired) electrons. The van der Waals surface area contributed by atoms with E-state index in [2.05, 4.69) is 20.3 Å². The van der Waals surface area contributed by atoms with Crippen LogP contribution in [0.1, 0.15) is 31.9 Å². The van der Waals surface area contributed by atoms with E-state index in [0.29, 0.717) is 23.8 Å². The zero-order chi connectivity index (χ0) is 16.7. The molecule has 2 aromatic heterocycles. The van der Waals surface area contributed by atoms with Gasteiger partial charge >= 0.3 is 0 Å². The molecule has 5 N–H and O–H groups in total. The average Bonchev–Trinajstić information content (AvgIpc) is 3.28. The van der Waals surface area contributed by atoms with E-state index in [-0.39, 0.29) is 5.82 Å². The van der Waals surface area contributed by atoms with Gasteiger partial charge in [-0.15, -0.1) is 0 Å². The quantitative estimate of drug-likeness (QED) is 0.592. The molecular weight excluding hydrogens is 312 g/mol. The zero-order valence-corrected chi connectivity index (χ0v) is 13.2. The van der Waals surface area contributed by atoms with Crippen molar-refractivity contribution < 1.29 is 14.9 Å². The molecule has 2 fully saturated rings. The van der Waals surface area contributed by atoms with E-state index in [1.807, 2.05) is 0 Å². The number of rotatable bonds is 4. The van der Waals surface area contributed by atoms with Crippen LogP contribution in [0.5, 0.6) is 0 Å². The number of imidazole rings is 1. The minimum atomic E-state index is -1.06. The lowest BCUT2D eigenvalue weighted by Gasteiger charge is -2.18. The fourth-order valence-corrected chi connectivity index (χ4v) is 3.60. The molecule has 0 unspecified atom stereocenters. The van der Waals surface area contributed by atoms with Crippen LogP contribution in [-0.2, 0) is 4.74 Å². The van der Waals surface area contributed by atoms with E-state index in [1.165, 1.54) is 25.5 Å². The smallest absolute Gasteiger partial charge is 0.167 e. The van der Waals surface area contributed by atoms with Gasteiger partial charge in [0.15, 0.2) is 17.7 Å². The SMILES string of the molecule is Nc1ncnc2c1ncn2[C@@H]1O[C@H](CNC2CCCC2)[C@@H](O)[C@H]1O. The maximum atomic E-state index is 10.4. The number of aromatic nitrogens is 4. The van der Waals surface area contributed by atoms with Gasteiger partial charge in [-0.3, -0.25) is 4.57 Å². The molecule has 0 aromatic carbocycles. The summed E-state index contributed by atoms with van der Waals surface area (Å²) in [5.74, 6) is 0.270. The van der Waals surface area contributed by atoms with E-state index in [9.17, 15) is 10.2 Å². The lowest BCUT2D eigenvalue weighted by Crippen LogP contribution is -2.40. The van der Waals surface area contributed by atoms with Gasteiger partial charge in [-0.05, 0) is 12.8 Å². The Morgan fingerprint density at radius 1 is 1.21 bits per heavy atom. The van der Waals surface area contributed by atoms with E-state index >= 15 is 0 Å². The van der Waals surface area contributed by atoms with Crippen molar-refractivity contribution in [2.24, 2.45) is 0 Å². The summed E-state index contributed by atoms with van der Waals surface area (Å²) in [5.41, 5.74) is 6.71. The third-order valence-corrected chi connectivity index (χ3v) is 4.96. The van der Waals surface area contributed by atoms with E-state index in [0.717, 1.165) is 12.8 Å². The van der Waals surface area contributed by atoms with E-state index < -0.39 is 24.5 Å². The molecular formula is C15H22N6O3. The summed E-state index contributed by atoms with van der Waals surface area (Å²) in [6.07, 6.45) is 4.34. The molecule has 9 heteroatoms. The molecule has 1 saturated heterocycles. The summed E-state index contributed by atoms with van der Waals surface area (Å²) in [4.78, 5) is 12.2. The second-order valence-electron chi connectivity index (χ2n) is 6.52. The second kappa shape index (κ2) is 6.25. The van der Waals surface area contributed by atoms with Crippen molar-refractivity contribution in [3.8, 4) is 0 Å². The molecule has 4 atom stereocenters. The minimum Gasteiger partial charge on any atom is -0.387 e. The first kappa shape index (κ1) is 15.7. The third-order valence-electron chi connectivity index (χ3n) is 4.96. The Labute approximate surface area is 138 Å². The van der Waals surface area contributed by atoms with Crippen LogP contribution in [-0.4, -0.2) is 60.6 Å². The largest absolute Gasteiger partial charge is 0.387 e. The van der Waals surface area contributed by atoms with E-state index in [4.69, 9.17) is 10.5 Å². The highest BCUT2D eigenvalue weighted by Gasteiger charge is 2.44. The molecule has 2 aromatic rings. The summed E-state index contributed by atoms with van der Waals surface area (Å²) in [6.45, 7) is 0.503. The first-order valence-electron chi connectivity index (χ1n) is 8.33. The molecule has 0 amide bonds. The highest BCUT2D eigenvalue weighted by molar-refractivity contribution is 5.81. The molecule has 0 bridgehead atoms. The maximum Gasteiger partial charge on any atom is 0.167 e. The topological polar surface area (TPSA) is 131 Å². The number of aliphatic hydroxyl groups is 2. The number of nitrogens with two attached hydrogens (primary N) is 1. The first-order chi connectivity index (χ1) is 11.6. The monoisotopic (exact) mass is 334 g/mol. The highest BCUT2D eigenvalue weighted by atomic mass is 16.6. The molecule has 130 valence electrons. The Morgan fingerprint density at radius 2 is 2.00 bits per heavy atom. The van der Waals surface area contributed by atoms with Crippen molar-refractivity contribution >= 4 is 17.0 Å². The number of hydrogen-bond donors (Lipinski definition) is 4. The van der Waals surface area contributed by atoms with Gasteiger partial charge in [-0.25, -0.2) is 15.0 Å². The van der Waals surface area contributed by atoms with Crippen LogP contribution < -0.4 is 11.1 Å². The highest BCUT2D eigenvalue weighted by Crippen LogP contribution is 2.32. The predicted octanol–water partition coefficient (Wildman–Crippen LogP) is -0.440. The fourth-order valence-electron chi connectivity index (χ4n) is 3.60. The third kappa shape index (κ3) is 2.63. The van der Waals surface area contributed by atoms with Crippen molar-refractivity contribution in [1.29, 1.82) is 0 Å². The molecule has 1 saturated carbocycles. The summed E-state index contributed by atoms with van der Waals surface area (Å²) < 4.78 is 7.49. The lowest BCUT2D eigenvalue weighted by molar-refractivity contribution is -0.0347. The molecule has 4 rings (SSSR count). The zero-order valence-electron chi connectivity index (χ0n) is 13.2. The number of aliphatic hydroxyl groups excluding tert-OH is 2. The normalized spacial score (nSPS) is 31.2. The van der Waals surface area contributed by atoms with Gasteiger partial charge in [0.1, 0.15) is 30.2 Å². The number of nitrogens with zero attached hydrogens (tertiary/aromatic N) is 4. The average molecular weight is 334 g/mol. The summed E-state index contributed by atoms with van der Waals surface area (Å²) in [5, 5.41) is 24.1. The first-order valence-corrected chi connectivity index (χ1v) is 8.33. The molecule has 0 spiro atoms. The Bertz CT molecular complexity index is 716. The molecule has 1 aliphatic heterocycles. The molecule has 2 aliphatic rings. The minimum absolute atomic E-state index is 0.270. The van der Waals surface area contributed by atoms with Gasteiger partial charge in [-0.1, -0.05) is 12.8 Å². The molecule has 24 heavy (non-hydrogen) atoms. The number of hydrogen-bond acceptors (Lipinski definition) is 8. The molecule has 1 aliphatic carbocycles. The summed E-state index contributed by atoms with van der Waals surface area (Å²) in [6, 6.07) is 0.471. The summed E-state index contributed by atoms with van der Waals surface area (Å²) in [7, 11) is 0. The van der Waals surface area contributed by atoms with Crippen LogP contribution in [0.4, 0.5) is 5.82 Å². The second-order valence-corrected chi connectivity index (χ2v) is 6.52. The van der Waals surface area contributed by atoms with Gasteiger partial charge in [0.2, 0.25) is 0 Å². The fraction of sp³-hybridized carbons (Fsp3) is 0.667. The lowest BCUT2D eigenvalue weighted by atomic mass is 10.1. The number of nitrogen functional groups attached to an aromatic ring is 1. The van der Waals surface area contributed by atoms with Gasteiger partial charge in [0.25, 0.3) is 0 Å². The van der Waals surface area contributed by atoms with Crippen LogP contribution in [0.3, 0.4) is 0 Å². The number of anilines is 1. The maximum absolute atomic E-state index is 10.4. The number of nitrogens with one attached hydrogen (secondary N) is 1.